The maximum atomic E-state index is 11.0. The lowest BCUT2D eigenvalue weighted by atomic mass is 9.86. The summed E-state index contributed by atoms with van der Waals surface area (Å²) in [5.74, 6) is 1.78. The van der Waals surface area contributed by atoms with Gasteiger partial charge in [-0.3, -0.25) is 14.1 Å². The lowest BCUT2D eigenvalue weighted by Gasteiger charge is -2.39. The molecule has 0 saturated carbocycles. The Labute approximate surface area is 178 Å². The monoisotopic (exact) mass is 418 g/mol. The largest absolute Gasteiger partial charge is 0.399 e. The summed E-state index contributed by atoms with van der Waals surface area (Å²) >= 11 is 0. The molecule has 3 atom stereocenters. The van der Waals surface area contributed by atoms with Crippen LogP contribution in [0.15, 0.2) is 52.1 Å². The summed E-state index contributed by atoms with van der Waals surface area (Å²) in [7, 11) is -2.97. The Morgan fingerprint density at radius 3 is 2.55 bits per heavy atom. The molecule has 0 bridgehead atoms. The highest BCUT2D eigenvalue weighted by Crippen LogP contribution is 2.54. The summed E-state index contributed by atoms with van der Waals surface area (Å²) in [6.45, 7) is 4.56. The minimum Gasteiger partial charge on any atom is -0.399 e. The van der Waals surface area contributed by atoms with E-state index in [1.54, 1.807) is 0 Å². The smallest absolute Gasteiger partial charge is 0.146 e. The predicted molar refractivity (Wildman–Crippen MR) is 126 cm³/mol. The van der Waals surface area contributed by atoms with E-state index in [4.69, 9.17) is 10.7 Å². The molecule has 29 heavy (non-hydrogen) atoms. The first-order valence-electron chi connectivity index (χ1n) is 11.3. The van der Waals surface area contributed by atoms with Crippen molar-refractivity contribution in [2.24, 2.45) is 28.5 Å². The van der Waals surface area contributed by atoms with E-state index in [2.05, 4.69) is 26.0 Å². The number of aliphatic imine (C=N–C) groups is 1. The molecule has 0 amide bonds. The SMILES string of the molecule is CCC(CC)CCC1CC=C(S(O)(O)C2=NC(C3C=CC(N)=CC3)CC=C2)CC1. The number of allylic oxidation sites excluding steroid dienone is 4. The Bertz CT molecular complexity index is 716. The quantitative estimate of drug-likeness (QED) is 0.426. The van der Waals surface area contributed by atoms with Gasteiger partial charge in [0.15, 0.2) is 0 Å². The highest BCUT2D eigenvalue weighted by atomic mass is 32.3. The van der Waals surface area contributed by atoms with Crippen molar-refractivity contribution in [3.63, 3.8) is 0 Å². The first-order valence-corrected chi connectivity index (χ1v) is 12.8. The fraction of sp³-hybridized carbons (Fsp3) is 0.625. The Kier molecular flexibility index (Phi) is 7.83. The molecule has 5 heteroatoms. The van der Waals surface area contributed by atoms with E-state index < -0.39 is 10.6 Å². The summed E-state index contributed by atoms with van der Waals surface area (Å²) in [5.41, 5.74) is 6.62. The lowest BCUT2D eigenvalue weighted by molar-refractivity contribution is 0.357. The Hall–Kier alpha value is -1.30. The lowest BCUT2D eigenvalue weighted by Crippen LogP contribution is -2.25. The van der Waals surface area contributed by atoms with Crippen molar-refractivity contribution in [3.8, 4) is 0 Å². The topological polar surface area (TPSA) is 78.8 Å². The first-order chi connectivity index (χ1) is 13.9. The highest BCUT2D eigenvalue weighted by molar-refractivity contribution is 8.40. The molecule has 0 saturated heterocycles. The molecule has 0 aromatic rings. The van der Waals surface area contributed by atoms with Crippen LogP contribution in [0.25, 0.3) is 0 Å². The minimum atomic E-state index is -2.97. The molecule has 0 aromatic heterocycles. The average Bonchev–Trinajstić information content (AvgIpc) is 2.75. The number of nitrogens with two attached hydrogens (primary N) is 1. The molecule has 3 unspecified atom stereocenters. The third kappa shape index (κ3) is 5.65. The molecule has 3 rings (SSSR count). The van der Waals surface area contributed by atoms with Crippen LogP contribution in [0.5, 0.6) is 0 Å². The van der Waals surface area contributed by atoms with Gasteiger partial charge in [-0.25, -0.2) is 0 Å². The van der Waals surface area contributed by atoms with Crippen molar-refractivity contribution in [3.05, 3.63) is 47.1 Å². The van der Waals surface area contributed by atoms with E-state index in [-0.39, 0.29) is 12.0 Å². The summed E-state index contributed by atoms with van der Waals surface area (Å²) in [6.07, 6.45) is 21.6. The minimum absolute atomic E-state index is 0.0544. The number of hydrogen-bond acceptors (Lipinski definition) is 4. The zero-order valence-electron chi connectivity index (χ0n) is 18.0. The van der Waals surface area contributed by atoms with Gasteiger partial charge in [0.1, 0.15) is 5.04 Å². The first kappa shape index (κ1) is 22.4. The van der Waals surface area contributed by atoms with Gasteiger partial charge in [0.2, 0.25) is 0 Å². The van der Waals surface area contributed by atoms with Crippen LogP contribution in [-0.2, 0) is 0 Å². The molecule has 4 nitrogen and oxygen atoms in total. The van der Waals surface area contributed by atoms with Crippen LogP contribution in [0.4, 0.5) is 0 Å². The number of hydrogen-bond donors (Lipinski definition) is 3. The van der Waals surface area contributed by atoms with Gasteiger partial charge in [0, 0.05) is 16.5 Å². The zero-order valence-corrected chi connectivity index (χ0v) is 18.8. The van der Waals surface area contributed by atoms with E-state index >= 15 is 0 Å². The molecule has 162 valence electrons. The molecule has 0 spiro atoms. The van der Waals surface area contributed by atoms with Gasteiger partial charge in [-0.15, -0.1) is 10.6 Å². The number of rotatable bonds is 7. The van der Waals surface area contributed by atoms with Crippen LogP contribution >= 0.6 is 10.6 Å². The molecule has 1 aliphatic heterocycles. The molecule has 2 aliphatic carbocycles. The van der Waals surface area contributed by atoms with Crippen molar-refractivity contribution in [2.45, 2.75) is 77.7 Å². The van der Waals surface area contributed by atoms with Crippen molar-refractivity contribution in [2.75, 3.05) is 0 Å². The van der Waals surface area contributed by atoms with E-state index in [1.165, 1.54) is 25.7 Å². The fourth-order valence-electron chi connectivity index (χ4n) is 4.63. The van der Waals surface area contributed by atoms with Gasteiger partial charge in [0.25, 0.3) is 0 Å². The van der Waals surface area contributed by atoms with Gasteiger partial charge >= 0.3 is 0 Å². The van der Waals surface area contributed by atoms with Crippen molar-refractivity contribution in [1.82, 2.24) is 0 Å². The van der Waals surface area contributed by atoms with Crippen LogP contribution < -0.4 is 5.73 Å². The Balaban J connectivity index is 1.62. The van der Waals surface area contributed by atoms with Gasteiger partial charge in [-0.05, 0) is 62.5 Å². The van der Waals surface area contributed by atoms with Crippen molar-refractivity contribution < 1.29 is 9.11 Å². The van der Waals surface area contributed by atoms with E-state index in [1.807, 2.05) is 24.3 Å². The second kappa shape index (κ2) is 10.1. The third-order valence-corrected chi connectivity index (χ3v) is 8.79. The average molecular weight is 419 g/mol. The standard InChI is InChI=1S/C24H38N2O2S/c1-3-18(4-2)8-9-19-10-16-22(17-11-19)29(27,28)24-7-5-6-23(26-24)20-12-14-21(25)15-13-20/h5,7,12,14-16,18-20,23,27-28H,3-4,6,8-11,13,17,25H2,1-2H3. The maximum absolute atomic E-state index is 11.0. The molecule has 1 heterocycles. The fourth-order valence-corrected chi connectivity index (χ4v) is 6.20. The Morgan fingerprint density at radius 1 is 1.14 bits per heavy atom. The van der Waals surface area contributed by atoms with Gasteiger partial charge in [0.05, 0.1) is 6.04 Å². The molecule has 4 N–H and O–H groups in total. The van der Waals surface area contributed by atoms with Gasteiger partial charge in [-0.1, -0.05) is 57.4 Å². The summed E-state index contributed by atoms with van der Waals surface area (Å²) in [5, 5.41) is 0.464. The van der Waals surface area contributed by atoms with E-state index in [0.717, 1.165) is 48.6 Å². The van der Waals surface area contributed by atoms with Gasteiger partial charge < -0.3 is 5.73 Å². The van der Waals surface area contributed by atoms with Crippen LogP contribution in [0.1, 0.15) is 71.6 Å². The number of nitrogens with zero attached hydrogens (tertiary/aromatic N) is 1. The summed E-state index contributed by atoms with van der Waals surface area (Å²) < 4.78 is 22.1. The second-order valence-corrected chi connectivity index (χ2v) is 10.8. The molecule has 0 fully saturated rings. The van der Waals surface area contributed by atoms with Crippen LogP contribution in [0.2, 0.25) is 0 Å². The van der Waals surface area contributed by atoms with E-state index in [0.29, 0.717) is 11.0 Å². The summed E-state index contributed by atoms with van der Waals surface area (Å²) in [4.78, 5) is 5.58. The second-order valence-electron chi connectivity index (χ2n) is 8.76. The van der Waals surface area contributed by atoms with E-state index in [9.17, 15) is 9.11 Å². The maximum Gasteiger partial charge on any atom is 0.146 e. The molecular formula is C24H38N2O2S. The normalized spacial score (nSPS) is 28.2. The number of dihydropyridines is 1. The van der Waals surface area contributed by atoms with Crippen LogP contribution in [0, 0.1) is 17.8 Å². The van der Waals surface area contributed by atoms with Gasteiger partial charge in [-0.2, -0.15) is 0 Å². The van der Waals surface area contributed by atoms with Crippen LogP contribution in [0.3, 0.4) is 0 Å². The third-order valence-electron chi connectivity index (χ3n) is 6.86. The molecule has 0 radical (unpaired) electrons. The predicted octanol–water partition coefficient (Wildman–Crippen LogP) is 6.78. The van der Waals surface area contributed by atoms with Crippen molar-refractivity contribution >= 4 is 15.6 Å². The van der Waals surface area contributed by atoms with Crippen LogP contribution in [-0.4, -0.2) is 20.2 Å². The Morgan fingerprint density at radius 2 is 1.93 bits per heavy atom. The molecule has 0 aromatic carbocycles. The molecule has 3 aliphatic rings. The zero-order chi connectivity index (χ0) is 20.9. The van der Waals surface area contributed by atoms with Crippen molar-refractivity contribution in [1.29, 1.82) is 0 Å². The summed E-state index contributed by atoms with van der Waals surface area (Å²) in [6, 6.07) is 0.0544. The highest BCUT2D eigenvalue weighted by Gasteiger charge is 2.31. The molecular weight excluding hydrogens is 380 g/mol.